The standard InChI is InChI=1S/C14H22N2O/c1-11-13(9-15-16(11)2)8-14(10-17)12-6-4-3-5-7-12/h8-9,12,17H,3-7,10H2,1-2H3. The third-order valence-electron chi connectivity index (χ3n) is 3.93. The van der Waals surface area contributed by atoms with Gasteiger partial charge in [0.2, 0.25) is 0 Å². The van der Waals surface area contributed by atoms with Crippen molar-refractivity contribution in [1.29, 1.82) is 0 Å². The van der Waals surface area contributed by atoms with Crippen LogP contribution < -0.4 is 0 Å². The lowest BCUT2D eigenvalue weighted by Gasteiger charge is -2.23. The third-order valence-corrected chi connectivity index (χ3v) is 3.93. The van der Waals surface area contributed by atoms with E-state index in [9.17, 15) is 5.11 Å². The summed E-state index contributed by atoms with van der Waals surface area (Å²) in [5.74, 6) is 0.577. The van der Waals surface area contributed by atoms with E-state index in [4.69, 9.17) is 0 Å². The van der Waals surface area contributed by atoms with Crippen LogP contribution in [0, 0.1) is 12.8 Å². The quantitative estimate of drug-likeness (QED) is 0.873. The first-order chi connectivity index (χ1) is 8.22. The molecule has 0 saturated heterocycles. The summed E-state index contributed by atoms with van der Waals surface area (Å²) in [5, 5.41) is 13.8. The highest BCUT2D eigenvalue weighted by Gasteiger charge is 2.17. The molecule has 0 unspecified atom stereocenters. The van der Waals surface area contributed by atoms with Crippen LogP contribution in [0.3, 0.4) is 0 Å². The fraction of sp³-hybridized carbons (Fsp3) is 0.643. The first kappa shape index (κ1) is 12.4. The maximum atomic E-state index is 9.54. The van der Waals surface area contributed by atoms with Crippen molar-refractivity contribution in [2.45, 2.75) is 39.0 Å². The monoisotopic (exact) mass is 234 g/mol. The summed E-state index contributed by atoms with van der Waals surface area (Å²) in [4.78, 5) is 0. The normalized spacial score (nSPS) is 18.6. The molecule has 0 spiro atoms. The Morgan fingerprint density at radius 2 is 2.18 bits per heavy atom. The molecule has 1 N–H and O–H groups in total. The second kappa shape index (κ2) is 5.50. The fourth-order valence-corrected chi connectivity index (χ4v) is 2.62. The molecule has 0 radical (unpaired) electrons. The third kappa shape index (κ3) is 2.78. The van der Waals surface area contributed by atoms with E-state index in [0.29, 0.717) is 5.92 Å². The molecule has 1 fully saturated rings. The van der Waals surface area contributed by atoms with Gasteiger partial charge in [-0.25, -0.2) is 0 Å². The van der Waals surface area contributed by atoms with Crippen molar-refractivity contribution in [3.8, 4) is 0 Å². The zero-order valence-electron chi connectivity index (χ0n) is 10.8. The topological polar surface area (TPSA) is 38.1 Å². The lowest BCUT2D eigenvalue weighted by molar-refractivity contribution is 0.295. The molecule has 0 aromatic carbocycles. The number of aryl methyl sites for hydroxylation is 1. The molecular formula is C14H22N2O. The Morgan fingerprint density at radius 1 is 1.47 bits per heavy atom. The van der Waals surface area contributed by atoms with Crippen LogP contribution in [0.4, 0.5) is 0 Å². The number of rotatable bonds is 3. The number of aliphatic hydroxyl groups excluding tert-OH is 1. The van der Waals surface area contributed by atoms with Gasteiger partial charge in [0, 0.05) is 18.3 Å². The number of aliphatic hydroxyl groups is 1. The smallest absolute Gasteiger partial charge is 0.0647 e. The van der Waals surface area contributed by atoms with Crippen LogP contribution in [0.1, 0.15) is 43.4 Å². The van der Waals surface area contributed by atoms with E-state index in [1.165, 1.54) is 37.7 Å². The van der Waals surface area contributed by atoms with Gasteiger partial charge in [0.25, 0.3) is 0 Å². The van der Waals surface area contributed by atoms with Crippen LogP contribution >= 0.6 is 0 Å². The van der Waals surface area contributed by atoms with Crippen molar-refractivity contribution in [1.82, 2.24) is 9.78 Å². The summed E-state index contributed by atoms with van der Waals surface area (Å²) < 4.78 is 1.88. The van der Waals surface area contributed by atoms with Gasteiger partial charge in [-0.05, 0) is 37.3 Å². The summed E-state index contributed by atoms with van der Waals surface area (Å²) in [6.45, 7) is 2.24. The van der Waals surface area contributed by atoms with Crippen molar-refractivity contribution in [3.05, 3.63) is 23.0 Å². The van der Waals surface area contributed by atoms with E-state index in [-0.39, 0.29) is 6.61 Å². The Hall–Kier alpha value is -1.09. The van der Waals surface area contributed by atoms with Crippen LogP contribution in [-0.2, 0) is 7.05 Å². The SMILES string of the molecule is Cc1c(C=C(CO)C2CCCCC2)cnn1C. The van der Waals surface area contributed by atoms with Gasteiger partial charge in [0.15, 0.2) is 0 Å². The molecule has 2 rings (SSSR count). The van der Waals surface area contributed by atoms with Gasteiger partial charge in [-0.15, -0.1) is 0 Å². The van der Waals surface area contributed by atoms with Gasteiger partial charge in [-0.1, -0.05) is 19.3 Å². The van der Waals surface area contributed by atoms with Crippen LogP contribution in [0.25, 0.3) is 6.08 Å². The predicted molar refractivity (Wildman–Crippen MR) is 69.6 cm³/mol. The summed E-state index contributed by atoms with van der Waals surface area (Å²) in [6.07, 6.45) is 10.4. The molecule has 0 amide bonds. The van der Waals surface area contributed by atoms with E-state index < -0.39 is 0 Å². The molecule has 0 atom stereocenters. The minimum atomic E-state index is 0.180. The minimum absolute atomic E-state index is 0.180. The van der Waals surface area contributed by atoms with Gasteiger partial charge in [0.05, 0.1) is 12.8 Å². The predicted octanol–water partition coefficient (Wildman–Crippen LogP) is 2.68. The van der Waals surface area contributed by atoms with Crippen molar-refractivity contribution >= 4 is 6.08 Å². The molecule has 1 aliphatic rings. The zero-order valence-corrected chi connectivity index (χ0v) is 10.8. The molecule has 1 heterocycles. The lowest BCUT2D eigenvalue weighted by Crippen LogP contribution is -2.11. The Bertz CT molecular complexity index is 400. The molecule has 94 valence electrons. The highest BCUT2D eigenvalue weighted by molar-refractivity contribution is 5.55. The van der Waals surface area contributed by atoms with Crippen LogP contribution in [0.5, 0.6) is 0 Å². The second-order valence-corrected chi connectivity index (χ2v) is 5.02. The molecule has 1 aliphatic carbocycles. The summed E-state index contributed by atoms with van der Waals surface area (Å²) in [5.41, 5.74) is 3.48. The molecule has 0 aliphatic heterocycles. The Labute approximate surface area is 103 Å². The van der Waals surface area contributed by atoms with Gasteiger partial charge < -0.3 is 5.11 Å². The van der Waals surface area contributed by atoms with Crippen molar-refractivity contribution in [2.24, 2.45) is 13.0 Å². The zero-order chi connectivity index (χ0) is 12.3. The largest absolute Gasteiger partial charge is 0.392 e. The highest BCUT2D eigenvalue weighted by Crippen LogP contribution is 2.30. The van der Waals surface area contributed by atoms with E-state index in [1.807, 2.05) is 17.9 Å². The van der Waals surface area contributed by atoms with E-state index in [0.717, 1.165) is 11.3 Å². The van der Waals surface area contributed by atoms with Gasteiger partial charge in [-0.2, -0.15) is 5.10 Å². The van der Waals surface area contributed by atoms with E-state index >= 15 is 0 Å². The molecule has 1 aromatic rings. The Balaban J connectivity index is 2.19. The van der Waals surface area contributed by atoms with Crippen LogP contribution in [-0.4, -0.2) is 21.5 Å². The van der Waals surface area contributed by atoms with Crippen molar-refractivity contribution in [3.63, 3.8) is 0 Å². The average Bonchev–Trinajstić information content (AvgIpc) is 2.68. The van der Waals surface area contributed by atoms with Crippen molar-refractivity contribution in [2.75, 3.05) is 6.61 Å². The summed E-state index contributed by atoms with van der Waals surface area (Å²) >= 11 is 0. The number of aromatic nitrogens is 2. The van der Waals surface area contributed by atoms with Crippen LogP contribution in [0.15, 0.2) is 11.8 Å². The molecular weight excluding hydrogens is 212 g/mol. The van der Waals surface area contributed by atoms with Crippen LogP contribution in [0.2, 0.25) is 0 Å². The average molecular weight is 234 g/mol. The van der Waals surface area contributed by atoms with Gasteiger partial charge in [-0.3, -0.25) is 4.68 Å². The summed E-state index contributed by atoms with van der Waals surface area (Å²) in [6, 6.07) is 0. The highest BCUT2D eigenvalue weighted by atomic mass is 16.3. The minimum Gasteiger partial charge on any atom is -0.392 e. The van der Waals surface area contributed by atoms with Crippen molar-refractivity contribution < 1.29 is 5.11 Å². The molecule has 0 bridgehead atoms. The molecule has 1 aromatic heterocycles. The fourth-order valence-electron chi connectivity index (χ4n) is 2.62. The Kier molecular flexibility index (Phi) is 4.00. The lowest BCUT2D eigenvalue weighted by atomic mass is 9.83. The Morgan fingerprint density at radius 3 is 2.71 bits per heavy atom. The summed E-state index contributed by atoms with van der Waals surface area (Å²) in [7, 11) is 1.95. The van der Waals surface area contributed by atoms with Gasteiger partial charge in [0.1, 0.15) is 0 Å². The first-order valence-electron chi connectivity index (χ1n) is 6.52. The number of nitrogens with zero attached hydrogens (tertiary/aromatic N) is 2. The second-order valence-electron chi connectivity index (χ2n) is 5.02. The molecule has 1 saturated carbocycles. The maximum absolute atomic E-state index is 9.54. The molecule has 17 heavy (non-hydrogen) atoms. The van der Waals surface area contributed by atoms with E-state index in [1.54, 1.807) is 0 Å². The van der Waals surface area contributed by atoms with E-state index in [2.05, 4.69) is 18.1 Å². The number of hydrogen-bond acceptors (Lipinski definition) is 2. The molecule has 3 nitrogen and oxygen atoms in total. The molecule has 3 heteroatoms. The maximum Gasteiger partial charge on any atom is 0.0647 e. The first-order valence-corrected chi connectivity index (χ1v) is 6.52. The number of hydrogen-bond donors (Lipinski definition) is 1. The van der Waals surface area contributed by atoms with Gasteiger partial charge >= 0.3 is 0 Å².